The van der Waals surface area contributed by atoms with Crippen molar-refractivity contribution in [3.63, 3.8) is 0 Å². The molecule has 1 heterocycles. The molecule has 0 aliphatic carbocycles. The van der Waals surface area contributed by atoms with Crippen LogP contribution in [0.1, 0.15) is 27.7 Å². The van der Waals surface area contributed by atoms with Gasteiger partial charge in [-0.15, -0.1) is 0 Å². The van der Waals surface area contributed by atoms with Crippen LogP contribution in [0.3, 0.4) is 0 Å². The number of likely N-dealkylation sites (N-methyl/N-ethyl adjacent to an activating group) is 1. The smallest absolute Gasteiger partial charge is 0.0249 e. The van der Waals surface area contributed by atoms with Crippen LogP contribution in [-0.4, -0.2) is 37.1 Å². The topological polar surface area (TPSA) is 15.3 Å². The maximum absolute atomic E-state index is 3.49. The third-order valence-corrected chi connectivity index (χ3v) is 3.46. The van der Waals surface area contributed by atoms with E-state index in [-0.39, 0.29) is 0 Å². The molecule has 0 spiro atoms. The molecule has 1 aliphatic heterocycles. The fraction of sp³-hybridized carbons (Fsp3) is 1.00. The van der Waals surface area contributed by atoms with Crippen LogP contribution in [0.5, 0.6) is 0 Å². The van der Waals surface area contributed by atoms with E-state index in [2.05, 4.69) is 37.9 Å². The van der Waals surface area contributed by atoms with Crippen molar-refractivity contribution in [3.8, 4) is 0 Å². The molecular weight excluding hydrogens is 160 g/mol. The predicted molar refractivity (Wildman–Crippen MR) is 57.9 cm³/mol. The van der Waals surface area contributed by atoms with Crippen LogP contribution in [0.4, 0.5) is 0 Å². The van der Waals surface area contributed by atoms with Crippen molar-refractivity contribution in [2.24, 2.45) is 11.8 Å². The summed E-state index contributed by atoms with van der Waals surface area (Å²) in [5.41, 5.74) is 0. The zero-order valence-electron chi connectivity index (χ0n) is 9.51. The Morgan fingerprint density at radius 2 is 2.08 bits per heavy atom. The van der Waals surface area contributed by atoms with E-state index in [1.807, 2.05) is 0 Å². The van der Waals surface area contributed by atoms with Gasteiger partial charge in [-0.2, -0.15) is 0 Å². The summed E-state index contributed by atoms with van der Waals surface area (Å²) in [7, 11) is 0. The maximum Gasteiger partial charge on any atom is 0.0249 e. The van der Waals surface area contributed by atoms with E-state index >= 15 is 0 Å². The zero-order chi connectivity index (χ0) is 9.84. The molecule has 1 saturated heterocycles. The van der Waals surface area contributed by atoms with Gasteiger partial charge in [0.1, 0.15) is 0 Å². The van der Waals surface area contributed by atoms with E-state index in [0.717, 1.165) is 24.4 Å². The molecule has 0 bridgehead atoms. The van der Waals surface area contributed by atoms with Crippen molar-refractivity contribution >= 4 is 0 Å². The predicted octanol–water partition coefficient (Wildman–Crippen LogP) is 1.57. The van der Waals surface area contributed by atoms with Crippen LogP contribution < -0.4 is 5.32 Å². The van der Waals surface area contributed by atoms with E-state index in [1.54, 1.807) is 0 Å². The van der Waals surface area contributed by atoms with Gasteiger partial charge in [0.05, 0.1) is 0 Å². The fourth-order valence-corrected chi connectivity index (χ4v) is 2.12. The highest BCUT2D eigenvalue weighted by atomic mass is 15.2. The van der Waals surface area contributed by atoms with Gasteiger partial charge in [0, 0.05) is 25.7 Å². The molecule has 0 amide bonds. The number of hydrogen-bond acceptors (Lipinski definition) is 2. The van der Waals surface area contributed by atoms with E-state index in [9.17, 15) is 0 Å². The molecule has 13 heavy (non-hydrogen) atoms. The Labute approximate surface area is 82.7 Å². The fourth-order valence-electron chi connectivity index (χ4n) is 2.12. The third-order valence-electron chi connectivity index (χ3n) is 3.46. The Morgan fingerprint density at radius 3 is 2.62 bits per heavy atom. The molecule has 1 rings (SSSR count). The SMILES string of the molecule is CCN1CCNCC1C(C)C(C)C. The largest absolute Gasteiger partial charge is 0.314 e. The first-order valence-electron chi connectivity index (χ1n) is 5.61. The van der Waals surface area contributed by atoms with Gasteiger partial charge in [0.2, 0.25) is 0 Å². The van der Waals surface area contributed by atoms with Gasteiger partial charge in [0.25, 0.3) is 0 Å². The number of piperazine rings is 1. The van der Waals surface area contributed by atoms with Crippen molar-refractivity contribution in [2.75, 3.05) is 26.2 Å². The summed E-state index contributed by atoms with van der Waals surface area (Å²) < 4.78 is 0. The van der Waals surface area contributed by atoms with Gasteiger partial charge in [-0.05, 0) is 18.4 Å². The highest BCUT2D eigenvalue weighted by Gasteiger charge is 2.27. The number of hydrogen-bond donors (Lipinski definition) is 1. The summed E-state index contributed by atoms with van der Waals surface area (Å²) in [6.07, 6.45) is 0. The normalized spacial score (nSPS) is 27.9. The minimum Gasteiger partial charge on any atom is -0.314 e. The first kappa shape index (κ1) is 11.0. The zero-order valence-corrected chi connectivity index (χ0v) is 9.51. The third kappa shape index (κ3) is 2.68. The quantitative estimate of drug-likeness (QED) is 0.716. The lowest BCUT2D eigenvalue weighted by atomic mass is 9.88. The second-order valence-electron chi connectivity index (χ2n) is 4.50. The van der Waals surface area contributed by atoms with Gasteiger partial charge in [0.15, 0.2) is 0 Å². The molecule has 0 aromatic rings. The molecule has 2 nitrogen and oxygen atoms in total. The Morgan fingerprint density at radius 1 is 1.38 bits per heavy atom. The molecule has 2 unspecified atom stereocenters. The molecule has 2 heteroatoms. The lowest BCUT2D eigenvalue weighted by Gasteiger charge is -2.40. The first-order valence-corrected chi connectivity index (χ1v) is 5.61. The van der Waals surface area contributed by atoms with Crippen LogP contribution in [0.15, 0.2) is 0 Å². The molecule has 2 atom stereocenters. The Balaban J connectivity index is 2.53. The number of rotatable bonds is 3. The minimum atomic E-state index is 0.749. The van der Waals surface area contributed by atoms with Crippen LogP contribution in [0.2, 0.25) is 0 Å². The second kappa shape index (κ2) is 4.97. The second-order valence-corrected chi connectivity index (χ2v) is 4.50. The van der Waals surface area contributed by atoms with Crippen LogP contribution in [0.25, 0.3) is 0 Å². The van der Waals surface area contributed by atoms with Crippen molar-refractivity contribution in [2.45, 2.75) is 33.7 Å². The lowest BCUT2D eigenvalue weighted by molar-refractivity contribution is 0.104. The van der Waals surface area contributed by atoms with E-state index < -0.39 is 0 Å². The van der Waals surface area contributed by atoms with Gasteiger partial charge < -0.3 is 5.32 Å². The number of nitrogens with one attached hydrogen (secondary N) is 1. The van der Waals surface area contributed by atoms with Gasteiger partial charge in [-0.3, -0.25) is 4.90 Å². The van der Waals surface area contributed by atoms with E-state index in [4.69, 9.17) is 0 Å². The van der Waals surface area contributed by atoms with Crippen LogP contribution in [0, 0.1) is 11.8 Å². The number of nitrogens with zero attached hydrogens (tertiary/aromatic N) is 1. The molecule has 0 aromatic carbocycles. The van der Waals surface area contributed by atoms with Crippen LogP contribution >= 0.6 is 0 Å². The molecule has 1 aliphatic rings. The van der Waals surface area contributed by atoms with Crippen molar-refractivity contribution in [1.29, 1.82) is 0 Å². The minimum absolute atomic E-state index is 0.749. The van der Waals surface area contributed by atoms with Gasteiger partial charge >= 0.3 is 0 Å². The summed E-state index contributed by atoms with van der Waals surface area (Å²) in [6.45, 7) is 14.1. The Kier molecular flexibility index (Phi) is 4.20. The van der Waals surface area contributed by atoms with Crippen molar-refractivity contribution in [1.82, 2.24) is 10.2 Å². The summed E-state index contributed by atoms with van der Waals surface area (Å²) in [4.78, 5) is 2.61. The molecule has 0 aromatic heterocycles. The molecule has 0 saturated carbocycles. The maximum atomic E-state index is 3.49. The average molecular weight is 184 g/mol. The summed E-state index contributed by atoms with van der Waals surface area (Å²) in [5.74, 6) is 1.59. The highest BCUT2D eigenvalue weighted by Crippen LogP contribution is 2.20. The van der Waals surface area contributed by atoms with Gasteiger partial charge in [-0.25, -0.2) is 0 Å². The van der Waals surface area contributed by atoms with Crippen LogP contribution in [-0.2, 0) is 0 Å². The molecule has 0 radical (unpaired) electrons. The Bertz CT molecular complexity index is 143. The summed E-state index contributed by atoms with van der Waals surface area (Å²) in [6, 6.07) is 0.749. The monoisotopic (exact) mass is 184 g/mol. The average Bonchev–Trinajstić information content (AvgIpc) is 2.16. The standard InChI is InChI=1S/C11H24N2/c1-5-13-7-6-12-8-11(13)10(4)9(2)3/h9-12H,5-8H2,1-4H3. The van der Waals surface area contributed by atoms with Gasteiger partial charge in [-0.1, -0.05) is 27.7 Å². The first-order chi connectivity index (χ1) is 6.16. The van der Waals surface area contributed by atoms with Crippen molar-refractivity contribution in [3.05, 3.63) is 0 Å². The summed E-state index contributed by atoms with van der Waals surface area (Å²) >= 11 is 0. The molecule has 1 fully saturated rings. The lowest BCUT2D eigenvalue weighted by Crippen LogP contribution is -2.54. The van der Waals surface area contributed by atoms with E-state index in [1.165, 1.54) is 19.6 Å². The molecule has 1 N–H and O–H groups in total. The summed E-state index contributed by atoms with van der Waals surface area (Å²) in [5, 5.41) is 3.49. The molecule has 78 valence electrons. The Hall–Kier alpha value is -0.0800. The van der Waals surface area contributed by atoms with E-state index in [0.29, 0.717) is 0 Å². The van der Waals surface area contributed by atoms with Crippen molar-refractivity contribution < 1.29 is 0 Å². The molecular formula is C11H24N2. The highest BCUT2D eigenvalue weighted by molar-refractivity contribution is 4.84.